The molecule has 92 valence electrons. The van der Waals surface area contributed by atoms with E-state index in [2.05, 4.69) is 19.1 Å². The minimum absolute atomic E-state index is 0.177. The van der Waals surface area contributed by atoms with Crippen molar-refractivity contribution in [2.24, 2.45) is 0 Å². The molecule has 0 fully saturated rings. The lowest BCUT2D eigenvalue weighted by molar-refractivity contribution is 0.105. The van der Waals surface area contributed by atoms with E-state index < -0.39 is 0 Å². The third-order valence-corrected chi connectivity index (χ3v) is 2.83. The molecule has 0 aliphatic heterocycles. The fourth-order valence-corrected chi connectivity index (χ4v) is 1.88. The molecule has 0 aliphatic carbocycles. The first kappa shape index (κ1) is 12.1. The number of aliphatic hydroxyl groups excluding tert-OH is 1. The minimum Gasteiger partial charge on any atom is -0.464 e. The summed E-state index contributed by atoms with van der Waals surface area (Å²) in [7, 11) is 0. The molecule has 2 rings (SSSR count). The predicted octanol–water partition coefficient (Wildman–Crippen LogP) is 2.89. The number of rotatable bonds is 6. The summed E-state index contributed by atoms with van der Waals surface area (Å²) in [6.45, 7) is 3.46. The maximum atomic E-state index is 8.69. The van der Waals surface area contributed by atoms with Gasteiger partial charge in [0, 0.05) is 18.6 Å². The number of hydrogen-bond donors (Lipinski definition) is 1. The van der Waals surface area contributed by atoms with E-state index in [0.29, 0.717) is 19.6 Å². The zero-order chi connectivity index (χ0) is 12.1. The van der Waals surface area contributed by atoms with Crippen LogP contribution in [0.2, 0.25) is 0 Å². The molecular formula is C14H18O3. The highest BCUT2D eigenvalue weighted by Gasteiger charge is 2.06. The quantitative estimate of drug-likeness (QED) is 0.781. The van der Waals surface area contributed by atoms with E-state index in [4.69, 9.17) is 14.3 Å². The fourth-order valence-electron chi connectivity index (χ4n) is 1.88. The van der Waals surface area contributed by atoms with Crippen molar-refractivity contribution in [1.29, 1.82) is 0 Å². The van der Waals surface area contributed by atoms with Crippen LogP contribution in [-0.4, -0.2) is 18.3 Å². The van der Waals surface area contributed by atoms with Crippen LogP contribution in [0.4, 0.5) is 0 Å². The molecule has 2 aromatic rings. The first-order chi connectivity index (χ1) is 8.35. The monoisotopic (exact) mass is 234 g/mol. The van der Waals surface area contributed by atoms with Gasteiger partial charge in [0.1, 0.15) is 5.58 Å². The maximum Gasteiger partial charge on any atom is 0.134 e. The summed E-state index contributed by atoms with van der Waals surface area (Å²) in [5, 5.41) is 9.81. The van der Waals surface area contributed by atoms with Crippen molar-refractivity contribution in [1.82, 2.24) is 0 Å². The number of aryl methyl sites for hydroxylation is 1. The van der Waals surface area contributed by atoms with Crippen LogP contribution in [0.5, 0.6) is 0 Å². The molecule has 1 aromatic carbocycles. The zero-order valence-corrected chi connectivity index (χ0v) is 10.1. The lowest BCUT2D eigenvalue weighted by atomic mass is 10.1. The zero-order valence-electron chi connectivity index (χ0n) is 10.1. The Morgan fingerprint density at radius 1 is 1.35 bits per heavy atom. The maximum absolute atomic E-state index is 8.69. The van der Waals surface area contributed by atoms with Gasteiger partial charge in [0.25, 0.3) is 0 Å². The van der Waals surface area contributed by atoms with Crippen molar-refractivity contribution in [2.75, 3.05) is 13.2 Å². The molecule has 0 saturated heterocycles. The largest absolute Gasteiger partial charge is 0.464 e. The number of fused-ring (bicyclic) bond motifs is 1. The third kappa shape index (κ3) is 2.87. The van der Waals surface area contributed by atoms with Crippen LogP contribution in [0.15, 0.2) is 28.9 Å². The molecule has 1 N–H and O–H groups in total. The van der Waals surface area contributed by atoms with Crippen LogP contribution in [0.3, 0.4) is 0 Å². The van der Waals surface area contributed by atoms with E-state index in [1.807, 2.05) is 6.07 Å². The molecule has 0 radical (unpaired) electrons. The lowest BCUT2D eigenvalue weighted by Crippen LogP contribution is -1.98. The number of ether oxygens (including phenoxy) is 1. The van der Waals surface area contributed by atoms with Gasteiger partial charge < -0.3 is 14.3 Å². The second-order valence-corrected chi connectivity index (χ2v) is 4.07. The molecule has 0 bridgehead atoms. The second kappa shape index (κ2) is 5.84. The predicted molar refractivity (Wildman–Crippen MR) is 67.0 cm³/mol. The Hall–Kier alpha value is -1.32. The van der Waals surface area contributed by atoms with E-state index in [1.54, 1.807) is 6.26 Å². The Labute approximate surface area is 101 Å². The van der Waals surface area contributed by atoms with Gasteiger partial charge in [-0.3, -0.25) is 0 Å². The summed E-state index contributed by atoms with van der Waals surface area (Å²) in [5.74, 6) is 0. The molecule has 1 heterocycles. The van der Waals surface area contributed by atoms with E-state index in [1.165, 1.54) is 5.56 Å². The summed E-state index contributed by atoms with van der Waals surface area (Å²) in [4.78, 5) is 0. The smallest absolute Gasteiger partial charge is 0.134 e. The number of furan rings is 1. The van der Waals surface area contributed by atoms with Crippen molar-refractivity contribution in [3.05, 3.63) is 35.6 Å². The summed E-state index contributed by atoms with van der Waals surface area (Å²) >= 11 is 0. The van der Waals surface area contributed by atoms with Crippen molar-refractivity contribution in [2.45, 2.75) is 26.4 Å². The number of aliphatic hydroxyl groups is 1. The molecule has 0 amide bonds. The van der Waals surface area contributed by atoms with Crippen LogP contribution < -0.4 is 0 Å². The standard InChI is InChI=1S/C14H18O3/c1-2-11-8-12(10-16-6-3-5-15)13-4-7-17-14(13)9-11/h4,7-9,15H,2-3,5-6,10H2,1H3. The molecule has 0 spiro atoms. The number of hydrogen-bond acceptors (Lipinski definition) is 3. The van der Waals surface area contributed by atoms with Gasteiger partial charge in [-0.1, -0.05) is 13.0 Å². The Morgan fingerprint density at radius 3 is 3.00 bits per heavy atom. The van der Waals surface area contributed by atoms with Crippen LogP contribution in [0, 0.1) is 0 Å². The SMILES string of the molecule is CCc1cc(COCCCO)c2ccoc2c1. The van der Waals surface area contributed by atoms with Crippen LogP contribution in [0.1, 0.15) is 24.5 Å². The second-order valence-electron chi connectivity index (χ2n) is 4.07. The summed E-state index contributed by atoms with van der Waals surface area (Å²) in [6.07, 6.45) is 3.38. The van der Waals surface area contributed by atoms with Crippen molar-refractivity contribution >= 4 is 11.0 Å². The fraction of sp³-hybridized carbons (Fsp3) is 0.429. The minimum atomic E-state index is 0.177. The van der Waals surface area contributed by atoms with E-state index in [0.717, 1.165) is 23.0 Å². The van der Waals surface area contributed by atoms with Gasteiger partial charge in [0.2, 0.25) is 0 Å². The van der Waals surface area contributed by atoms with E-state index >= 15 is 0 Å². The summed E-state index contributed by atoms with van der Waals surface area (Å²) < 4.78 is 11.0. The van der Waals surface area contributed by atoms with Gasteiger partial charge in [-0.05, 0) is 36.1 Å². The van der Waals surface area contributed by atoms with Gasteiger partial charge in [-0.2, -0.15) is 0 Å². The molecular weight excluding hydrogens is 216 g/mol. The molecule has 0 saturated carbocycles. The first-order valence-electron chi connectivity index (χ1n) is 6.02. The summed E-state index contributed by atoms with van der Waals surface area (Å²) in [6, 6.07) is 6.21. The molecule has 3 heteroatoms. The Morgan fingerprint density at radius 2 is 2.24 bits per heavy atom. The van der Waals surface area contributed by atoms with E-state index in [-0.39, 0.29) is 6.61 Å². The van der Waals surface area contributed by atoms with Gasteiger partial charge >= 0.3 is 0 Å². The normalized spacial score (nSPS) is 11.2. The van der Waals surface area contributed by atoms with Gasteiger partial charge in [0.15, 0.2) is 0 Å². The topological polar surface area (TPSA) is 42.6 Å². The summed E-state index contributed by atoms with van der Waals surface area (Å²) in [5.41, 5.74) is 3.34. The molecule has 0 atom stereocenters. The highest BCUT2D eigenvalue weighted by atomic mass is 16.5. The third-order valence-electron chi connectivity index (χ3n) is 2.83. The number of benzene rings is 1. The highest BCUT2D eigenvalue weighted by Crippen LogP contribution is 2.23. The Balaban J connectivity index is 2.16. The van der Waals surface area contributed by atoms with E-state index in [9.17, 15) is 0 Å². The Kier molecular flexibility index (Phi) is 4.18. The molecule has 3 nitrogen and oxygen atoms in total. The molecule has 17 heavy (non-hydrogen) atoms. The van der Waals surface area contributed by atoms with Crippen molar-refractivity contribution in [3.63, 3.8) is 0 Å². The molecule has 1 aromatic heterocycles. The Bertz CT molecular complexity index is 473. The average Bonchev–Trinajstić information content (AvgIpc) is 2.82. The molecule has 0 aliphatic rings. The van der Waals surface area contributed by atoms with Crippen LogP contribution in [0.25, 0.3) is 11.0 Å². The molecule has 0 unspecified atom stereocenters. The average molecular weight is 234 g/mol. The van der Waals surface area contributed by atoms with Crippen molar-refractivity contribution < 1.29 is 14.3 Å². The highest BCUT2D eigenvalue weighted by molar-refractivity contribution is 5.81. The van der Waals surface area contributed by atoms with Gasteiger partial charge in [-0.15, -0.1) is 0 Å². The van der Waals surface area contributed by atoms with Crippen LogP contribution in [-0.2, 0) is 17.8 Å². The lowest BCUT2D eigenvalue weighted by Gasteiger charge is -2.07. The first-order valence-corrected chi connectivity index (χ1v) is 6.02. The van der Waals surface area contributed by atoms with Gasteiger partial charge in [-0.25, -0.2) is 0 Å². The van der Waals surface area contributed by atoms with Gasteiger partial charge in [0.05, 0.1) is 12.9 Å². The van der Waals surface area contributed by atoms with Crippen molar-refractivity contribution in [3.8, 4) is 0 Å². The van der Waals surface area contributed by atoms with Crippen LogP contribution >= 0.6 is 0 Å².